The maximum Gasteiger partial charge on any atom is 0.414 e. The Morgan fingerprint density at radius 1 is 0.927 bits per heavy atom. The maximum atomic E-state index is 14.0. The summed E-state index contributed by atoms with van der Waals surface area (Å²) in [5, 5.41) is 13.4. The van der Waals surface area contributed by atoms with Crippen molar-refractivity contribution in [3.63, 3.8) is 0 Å². The van der Waals surface area contributed by atoms with Crippen LogP contribution in [0, 0.1) is 17.0 Å². The van der Waals surface area contributed by atoms with Crippen LogP contribution in [0.25, 0.3) is 0 Å². The van der Waals surface area contributed by atoms with Gasteiger partial charge in [-0.15, -0.1) is 0 Å². The number of fused-ring (bicyclic) bond motifs is 1. The summed E-state index contributed by atoms with van der Waals surface area (Å²) in [6.45, 7) is 1.54. The molecule has 2 amide bonds. The number of Topliss-reactive ketones (excluding diaryl/α,β-unsaturated/α-hetero) is 1. The number of ketones is 1. The monoisotopic (exact) mass is 548 g/mol. The number of aliphatic imine (C=N–C) groups is 1. The van der Waals surface area contributed by atoms with Crippen LogP contribution in [-0.4, -0.2) is 41.1 Å². The van der Waals surface area contributed by atoms with Crippen LogP contribution in [0.4, 0.5) is 16.2 Å². The van der Waals surface area contributed by atoms with Crippen LogP contribution in [0.2, 0.25) is 0 Å². The molecule has 5 rings (SSSR count). The number of nitrogens with one attached hydrogen (secondary N) is 1. The molecule has 0 bridgehead atoms. The molecule has 10 heteroatoms. The molecule has 1 atom stereocenters. The number of benzodiazepines with no additional fused rings is 1. The van der Waals surface area contributed by atoms with E-state index in [0.717, 1.165) is 5.56 Å². The molecule has 1 aliphatic rings. The Hall–Kier alpha value is -5.64. The Morgan fingerprint density at radius 2 is 1.59 bits per heavy atom. The van der Waals surface area contributed by atoms with E-state index < -0.39 is 23.1 Å². The van der Waals surface area contributed by atoms with Gasteiger partial charge in [0.15, 0.2) is 5.78 Å². The first kappa shape index (κ1) is 26.9. The minimum atomic E-state index is -1.44. The second kappa shape index (κ2) is 11.6. The van der Waals surface area contributed by atoms with E-state index in [-0.39, 0.29) is 23.8 Å². The molecule has 1 aliphatic heterocycles. The molecule has 10 nitrogen and oxygen atoms in total. The van der Waals surface area contributed by atoms with Crippen LogP contribution in [0.1, 0.15) is 27.0 Å². The lowest BCUT2D eigenvalue weighted by Crippen LogP contribution is -2.49. The topological polar surface area (TPSA) is 131 Å². The van der Waals surface area contributed by atoms with Gasteiger partial charge in [-0.05, 0) is 30.7 Å². The third-order valence-corrected chi connectivity index (χ3v) is 6.52. The first-order valence-corrected chi connectivity index (χ1v) is 12.7. The predicted octanol–water partition coefficient (Wildman–Crippen LogP) is 5.08. The van der Waals surface area contributed by atoms with Crippen LogP contribution >= 0.6 is 0 Å². The minimum absolute atomic E-state index is 0.0382. The highest BCUT2D eigenvalue weighted by Crippen LogP contribution is 2.29. The van der Waals surface area contributed by atoms with E-state index in [1.165, 1.54) is 29.2 Å². The van der Waals surface area contributed by atoms with E-state index in [2.05, 4.69) is 10.3 Å². The standard InChI is InChI=1S/C31H24N4O6/c1-20-9-5-6-12-24(20)27(36)19-34-26-14-8-7-13-25(26)28(21-10-3-2-4-11-21)32-29(30(34)37)33-31(38)41-23-17-15-22(16-18-23)35(39)40/h2-18,29H,19H2,1H3,(H,33,38)/t29-/m0/s1. The van der Waals surface area contributed by atoms with Gasteiger partial charge >= 0.3 is 6.09 Å². The van der Waals surface area contributed by atoms with Gasteiger partial charge in [-0.3, -0.25) is 25.0 Å². The Labute approximate surface area is 235 Å². The van der Waals surface area contributed by atoms with Gasteiger partial charge in [-0.1, -0.05) is 72.8 Å². The molecule has 0 aliphatic carbocycles. The van der Waals surface area contributed by atoms with Gasteiger partial charge in [-0.2, -0.15) is 0 Å². The van der Waals surface area contributed by atoms with Gasteiger partial charge in [0.1, 0.15) is 5.75 Å². The van der Waals surface area contributed by atoms with Gasteiger partial charge in [0.05, 0.1) is 22.9 Å². The number of nitro benzene ring substituents is 1. The zero-order valence-electron chi connectivity index (χ0n) is 21.9. The molecule has 0 radical (unpaired) electrons. The lowest BCUT2D eigenvalue weighted by molar-refractivity contribution is -0.384. The number of carbonyl (C=O) groups excluding carboxylic acids is 3. The number of aryl methyl sites for hydroxylation is 1. The number of para-hydroxylation sites is 1. The summed E-state index contributed by atoms with van der Waals surface area (Å²) >= 11 is 0. The fourth-order valence-corrected chi connectivity index (χ4v) is 4.51. The van der Waals surface area contributed by atoms with Crippen molar-refractivity contribution in [1.82, 2.24) is 5.32 Å². The fraction of sp³-hybridized carbons (Fsp3) is 0.0968. The number of hydrogen-bond acceptors (Lipinski definition) is 7. The lowest BCUT2D eigenvalue weighted by Gasteiger charge is -2.25. The number of amides is 2. The average molecular weight is 549 g/mol. The van der Waals surface area contributed by atoms with Gasteiger partial charge < -0.3 is 9.64 Å². The van der Waals surface area contributed by atoms with Crippen molar-refractivity contribution < 1.29 is 24.0 Å². The summed E-state index contributed by atoms with van der Waals surface area (Å²) < 4.78 is 5.28. The largest absolute Gasteiger partial charge is 0.414 e. The number of non-ortho nitro benzene ring substituents is 1. The first-order valence-electron chi connectivity index (χ1n) is 12.7. The molecule has 204 valence electrons. The molecule has 4 aromatic carbocycles. The minimum Gasteiger partial charge on any atom is -0.410 e. The van der Waals surface area contributed by atoms with Crippen molar-refractivity contribution in [3.8, 4) is 5.75 Å². The number of anilines is 1. The summed E-state index contributed by atoms with van der Waals surface area (Å²) in [6.07, 6.45) is -2.43. The van der Waals surface area contributed by atoms with Crippen molar-refractivity contribution in [2.24, 2.45) is 4.99 Å². The van der Waals surface area contributed by atoms with E-state index in [0.29, 0.717) is 28.1 Å². The molecule has 1 N–H and O–H groups in total. The lowest BCUT2D eigenvalue weighted by atomic mass is 9.99. The van der Waals surface area contributed by atoms with Crippen LogP contribution in [0.15, 0.2) is 108 Å². The molecule has 0 unspecified atom stereocenters. The molecule has 0 spiro atoms. The van der Waals surface area contributed by atoms with E-state index in [4.69, 9.17) is 4.74 Å². The Bertz CT molecular complexity index is 1670. The molecule has 1 heterocycles. The number of carbonyl (C=O) groups is 3. The molecule has 0 saturated carbocycles. The van der Waals surface area contributed by atoms with Crippen LogP contribution < -0.4 is 15.0 Å². The average Bonchev–Trinajstić information content (AvgIpc) is 3.09. The first-order chi connectivity index (χ1) is 19.8. The number of nitrogens with zero attached hydrogens (tertiary/aromatic N) is 3. The Balaban J connectivity index is 1.51. The van der Waals surface area contributed by atoms with E-state index in [1.54, 1.807) is 36.4 Å². The summed E-state index contributed by atoms with van der Waals surface area (Å²) in [5.74, 6) is -0.871. The number of ether oxygens (including phenoxy) is 1. The quantitative estimate of drug-likeness (QED) is 0.195. The van der Waals surface area contributed by atoms with Gasteiger partial charge in [-0.25, -0.2) is 9.79 Å². The highest BCUT2D eigenvalue weighted by Gasteiger charge is 2.34. The van der Waals surface area contributed by atoms with Crippen LogP contribution in [0.3, 0.4) is 0 Å². The predicted molar refractivity (Wildman–Crippen MR) is 152 cm³/mol. The summed E-state index contributed by atoms with van der Waals surface area (Å²) in [6, 6.07) is 28.3. The third-order valence-electron chi connectivity index (χ3n) is 6.52. The molecule has 4 aromatic rings. The molecular formula is C31H24N4O6. The Kier molecular flexibility index (Phi) is 7.64. The van der Waals surface area contributed by atoms with E-state index in [1.807, 2.05) is 49.4 Å². The highest BCUT2D eigenvalue weighted by atomic mass is 16.6. The van der Waals surface area contributed by atoms with Crippen molar-refractivity contribution in [2.75, 3.05) is 11.4 Å². The molecule has 41 heavy (non-hydrogen) atoms. The zero-order chi connectivity index (χ0) is 28.9. The van der Waals surface area contributed by atoms with Gasteiger partial charge in [0, 0.05) is 28.8 Å². The van der Waals surface area contributed by atoms with Crippen molar-refractivity contribution in [1.29, 1.82) is 0 Å². The number of nitro groups is 1. The van der Waals surface area contributed by atoms with Gasteiger partial charge in [0.25, 0.3) is 11.6 Å². The summed E-state index contributed by atoms with van der Waals surface area (Å²) in [7, 11) is 0. The second-order valence-corrected chi connectivity index (χ2v) is 9.21. The zero-order valence-corrected chi connectivity index (χ0v) is 21.9. The third kappa shape index (κ3) is 5.86. The Morgan fingerprint density at radius 3 is 2.29 bits per heavy atom. The smallest absolute Gasteiger partial charge is 0.410 e. The van der Waals surface area contributed by atoms with Crippen molar-refractivity contribution >= 4 is 34.9 Å². The fourth-order valence-electron chi connectivity index (χ4n) is 4.51. The second-order valence-electron chi connectivity index (χ2n) is 9.21. The maximum absolute atomic E-state index is 14.0. The molecule has 0 aromatic heterocycles. The summed E-state index contributed by atoms with van der Waals surface area (Å²) in [4.78, 5) is 56.6. The number of rotatable bonds is 7. The van der Waals surface area contributed by atoms with Crippen LogP contribution in [0.5, 0.6) is 5.75 Å². The van der Waals surface area contributed by atoms with Crippen molar-refractivity contribution in [3.05, 3.63) is 135 Å². The number of hydrogen-bond donors (Lipinski definition) is 1. The summed E-state index contributed by atoms with van der Waals surface area (Å²) in [5.41, 5.74) is 3.31. The number of benzene rings is 4. The molecular weight excluding hydrogens is 524 g/mol. The highest BCUT2D eigenvalue weighted by molar-refractivity contribution is 6.21. The molecule has 0 fully saturated rings. The normalized spacial score (nSPS) is 14.4. The van der Waals surface area contributed by atoms with E-state index >= 15 is 0 Å². The molecule has 0 saturated heterocycles. The van der Waals surface area contributed by atoms with Crippen LogP contribution in [-0.2, 0) is 4.79 Å². The SMILES string of the molecule is Cc1ccccc1C(=O)CN1C(=O)[C@H](NC(=O)Oc2ccc([N+](=O)[O-])cc2)N=C(c2ccccc2)c2ccccc21. The van der Waals surface area contributed by atoms with Crippen molar-refractivity contribution in [2.45, 2.75) is 13.1 Å². The van der Waals surface area contributed by atoms with E-state index in [9.17, 15) is 24.5 Å². The van der Waals surface area contributed by atoms with Gasteiger partial charge in [0.2, 0.25) is 6.17 Å².